The van der Waals surface area contributed by atoms with Crippen LogP contribution in [-0.4, -0.2) is 5.38 Å². The van der Waals surface area contributed by atoms with E-state index in [1.54, 1.807) is 0 Å². The highest BCUT2D eigenvalue weighted by Crippen LogP contribution is 2.30. The van der Waals surface area contributed by atoms with E-state index in [0.717, 1.165) is 12.5 Å². The molecule has 0 heterocycles. The molecule has 0 radical (unpaired) electrons. The van der Waals surface area contributed by atoms with Crippen molar-refractivity contribution in [1.82, 2.24) is 0 Å². The fraction of sp³-hybridized carbons (Fsp3) is 0.538. The van der Waals surface area contributed by atoms with Gasteiger partial charge in [0, 0.05) is 5.38 Å². The van der Waals surface area contributed by atoms with Gasteiger partial charge in [-0.15, -0.1) is 11.6 Å². The maximum Gasteiger partial charge on any atom is 0.126 e. The SMILES string of the molecule is CC(Cl)CC(C)(C)Cc1cc(F)ccc1F. The van der Waals surface area contributed by atoms with E-state index in [9.17, 15) is 8.78 Å². The molecule has 0 spiro atoms. The molecule has 0 saturated heterocycles. The summed E-state index contributed by atoms with van der Waals surface area (Å²) in [6.45, 7) is 5.93. The second kappa shape index (κ2) is 5.13. The summed E-state index contributed by atoms with van der Waals surface area (Å²) in [6.07, 6.45) is 1.26. The number of alkyl halides is 1. The normalized spacial score (nSPS) is 13.9. The van der Waals surface area contributed by atoms with Crippen molar-refractivity contribution < 1.29 is 8.78 Å². The minimum atomic E-state index is -0.397. The fourth-order valence-corrected chi connectivity index (χ4v) is 2.45. The average Bonchev–Trinajstić information content (AvgIpc) is 2.08. The third-order valence-corrected chi connectivity index (χ3v) is 2.66. The van der Waals surface area contributed by atoms with Gasteiger partial charge in [0.2, 0.25) is 0 Å². The van der Waals surface area contributed by atoms with Gasteiger partial charge in [-0.05, 0) is 48.9 Å². The van der Waals surface area contributed by atoms with Crippen LogP contribution < -0.4 is 0 Å². The third kappa shape index (κ3) is 4.09. The van der Waals surface area contributed by atoms with Crippen LogP contribution in [0.2, 0.25) is 0 Å². The minimum Gasteiger partial charge on any atom is -0.207 e. The van der Waals surface area contributed by atoms with Gasteiger partial charge in [-0.2, -0.15) is 0 Å². The van der Waals surface area contributed by atoms with Crippen LogP contribution >= 0.6 is 11.6 Å². The summed E-state index contributed by atoms with van der Waals surface area (Å²) in [4.78, 5) is 0. The van der Waals surface area contributed by atoms with Crippen LogP contribution in [0.25, 0.3) is 0 Å². The predicted molar refractivity (Wildman–Crippen MR) is 63.8 cm³/mol. The van der Waals surface area contributed by atoms with Crippen molar-refractivity contribution in [3.05, 3.63) is 35.4 Å². The summed E-state index contributed by atoms with van der Waals surface area (Å²) in [5.74, 6) is -0.747. The third-order valence-electron chi connectivity index (χ3n) is 2.51. The Kier molecular flexibility index (Phi) is 4.31. The Morgan fingerprint density at radius 2 is 1.94 bits per heavy atom. The first-order chi connectivity index (χ1) is 7.30. The van der Waals surface area contributed by atoms with Crippen LogP contribution in [0.1, 0.15) is 32.8 Å². The van der Waals surface area contributed by atoms with E-state index in [1.807, 2.05) is 20.8 Å². The standard InChI is InChI=1S/C13H17ClF2/c1-9(14)7-13(2,3)8-10-6-11(15)4-5-12(10)16/h4-6,9H,7-8H2,1-3H3. The van der Waals surface area contributed by atoms with Crippen LogP contribution in [0.5, 0.6) is 0 Å². The zero-order valence-corrected chi connectivity index (χ0v) is 10.6. The van der Waals surface area contributed by atoms with Crippen LogP contribution in [0.3, 0.4) is 0 Å². The molecule has 0 amide bonds. The summed E-state index contributed by atoms with van der Waals surface area (Å²) in [5.41, 5.74) is 0.290. The molecule has 0 fully saturated rings. The van der Waals surface area contributed by atoms with Crippen molar-refractivity contribution in [2.45, 2.75) is 39.0 Å². The van der Waals surface area contributed by atoms with Gasteiger partial charge in [-0.25, -0.2) is 8.78 Å². The van der Waals surface area contributed by atoms with Crippen molar-refractivity contribution in [1.29, 1.82) is 0 Å². The van der Waals surface area contributed by atoms with Crippen molar-refractivity contribution in [2.75, 3.05) is 0 Å². The molecule has 0 aliphatic rings. The number of halogens is 3. The van der Waals surface area contributed by atoms with Gasteiger partial charge >= 0.3 is 0 Å². The Morgan fingerprint density at radius 3 is 2.50 bits per heavy atom. The molecule has 1 aromatic rings. The van der Waals surface area contributed by atoms with Crippen LogP contribution in [0.4, 0.5) is 8.78 Å². The van der Waals surface area contributed by atoms with E-state index >= 15 is 0 Å². The zero-order chi connectivity index (χ0) is 12.3. The maximum atomic E-state index is 13.4. The van der Waals surface area contributed by atoms with E-state index in [4.69, 9.17) is 11.6 Å². The van der Waals surface area contributed by atoms with Gasteiger partial charge in [0.15, 0.2) is 0 Å². The second-order valence-corrected chi connectivity index (χ2v) is 5.81. The molecule has 0 saturated carbocycles. The molecule has 1 atom stereocenters. The van der Waals surface area contributed by atoms with E-state index < -0.39 is 5.82 Å². The Hall–Kier alpha value is -0.630. The van der Waals surface area contributed by atoms with Crippen molar-refractivity contribution >= 4 is 11.6 Å². The van der Waals surface area contributed by atoms with E-state index in [-0.39, 0.29) is 16.6 Å². The summed E-state index contributed by atoms with van der Waals surface area (Å²) >= 11 is 5.93. The molecule has 1 unspecified atom stereocenters. The highest BCUT2D eigenvalue weighted by Gasteiger charge is 2.22. The van der Waals surface area contributed by atoms with Crippen LogP contribution in [0, 0.1) is 17.0 Å². The predicted octanol–water partition coefficient (Wildman–Crippen LogP) is 4.55. The average molecular weight is 247 g/mol. The van der Waals surface area contributed by atoms with Crippen molar-refractivity contribution in [3.8, 4) is 0 Å². The lowest BCUT2D eigenvalue weighted by Gasteiger charge is -2.26. The summed E-state index contributed by atoms with van der Waals surface area (Å²) in [6, 6.07) is 3.57. The van der Waals surface area contributed by atoms with Gasteiger partial charge < -0.3 is 0 Å². The molecule has 1 rings (SSSR count). The molecule has 0 nitrogen and oxygen atoms in total. The van der Waals surface area contributed by atoms with Gasteiger partial charge in [0.25, 0.3) is 0 Å². The van der Waals surface area contributed by atoms with Gasteiger partial charge in [-0.3, -0.25) is 0 Å². The molecule has 90 valence electrons. The van der Waals surface area contributed by atoms with Crippen LogP contribution in [0.15, 0.2) is 18.2 Å². The quantitative estimate of drug-likeness (QED) is 0.684. The second-order valence-electron chi connectivity index (χ2n) is 5.06. The number of hydrogen-bond donors (Lipinski definition) is 0. The molecule has 3 heteroatoms. The molecule has 16 heavy (non-hydrogen) atoms. The summed E-state index contributed by atoms with van der Waals surface area (Å²) < 4.78 is 26.4. The molecule has 0 aliphatic carbocycles. The highest BCUT2D eigenvalue weighted by atomic mass is 35.5. The highest BCUT2D eigenvalue weighted by molar-refractivity contribution is 6.20. The topological polar surface area (TPSA) is 0 Å². The van der Waals surface area contributed by atoms with Gasteiger partial charge in [0.1, 0.15) is 11.6 Å². The molecule has 0 bridgehead atoms. The minimum absolute atomic E-state index is 0.0339. The Bertz CT molecular complexity index is 359. The molecule has 0 aromatic heterocycles. The zero-order valence-electron chi connectivity index (χ0n) is 9.86. The largest absolute Gasteiger partial charge is 0.207 e. The number of hydrogen-bond acceptors (Lipinski definition) is 0. The smallest absolute Gasteiger partial charge is 0.126 e. The lowest BCUT2D eigenvalue weighted by atomic mass is 9.81. The Balaban J connectivity index is 2.82. The Labute approximate surface area is 101 Å². The van der Waals surface area contributed by atoms with Gasteiger partial charge in [0.05, 0.1) is 0 Å². The molecular weight excluding hydrogens is 230 g/mol. The number of benzene rings is 1. The molecule has 0 aliphatic heterocycles. The monoisotopic (exact) mass is 246 g/mol. The summed E-state index contributed by atoms with van der Waals surface area (Å²) in [7, 11) is 0. The van der Waals surface area contributed by atoms with Crippen LogP contribution in [-0.2, 0) is 6.42 Å². The lowest BCUT2D eigenvalue weighted by molar-refractivity contribution is 0.326. The first-order valence-electron chi connectivity index (χ1n) is 5.38. The first kappa shape index (κ1) is 13.4. The molecule has 1 aromatic carbocycles. The number of rotatable bonds is 4. The summed E-state index contributed by atoms with van der Waals surface area (Å²) in [5, 5.41) is 0.0339. The molecular formula is C13H17ClF2. The Morgan fingerprint density at radius 1 is 1.31 bits per heavy atom. The van der Waals surface area contributed by atoms with Crippen molar-refractivity contribution in [2.24, 2.45) is 5.41 Å². The lowest BCUT2D eigenvalue weighted by Crippen LogP contribution is -2.19. The van der Waals surface area contributed by atoms with E-state index in [2.05, 4.69) is 0 Å². The van der Waals surface area contributed by atoms with Gasteiger partial charge in [-0.1, -0.05) is 13.8 Å². The van der Waals surface area contributed by atoms with E-state index in [0.29, 0.717) is 12.0 Å². The first-order valence-corrected chi connectivity index (χ1v) is 5.82. The van der Waals surface area contributed by atoms with E-state index in [1.165, 1.54) is 12.1 Å². The van der Waals surface area contributed by atoms with Crippen molar-refractivity contribution in [3.63, 3.8) is 0 Å². The molecule has 0 N–H and O–H groups in total. The fourth-order valence-electron chi connectivity index (χ4n) is 2.03. The maximum absolute atomic E-state index is 13.4.